The Morgan fingerprint density at radius 2 is 1.16 bits per heavy atom. The first-order chi connectivity index (χ1) is 12.2. The van der Waals surface area contributed by atoms with Gasteiger partial charge in [-0.15, -0.1) is 0 Å². The molecule has 0 aliphatic rings. The Bertz CT molecular complexity index is 279. The number of carbonyl (C=O) groups excluding carboxylic acids is 1. The van der Waals surface area contributed by atoms with E-state index in [0.717, 1.165) is 25.8 Å². The highest BCUT2D eigenvalue weighted by Gasteiger charge is 2.02. The highest BCUT2D eigenvalue weighted by molar-refractivity contribution is 5.69. The van der Waals surface area contributed by atoms with Gasteiger partial charge in [-0.05, 0) is 39.9 Å². The first-order valence-corrected chi connectivity index (χ1v) is 11.0. The molecule has 0 aliphatic carbocycles. The summed E-state index contributed by atoms with van der Waals surface area (Å²) in [5.41, 5.74) is 0. The summed E-state index contributed by atoms with van der Waals surface area (Å²) in [6, 6.07) is 0. The second-order valence-corrected chi connectivity index (χ2v) is 7.72. The molecule has 0 unspecified atom stereocenters. The van der Waals surface area contributed by atoms with Gasteiger partial charge in [0.1, 0.15) is 0 Å². The molecule has 0 aliphatic heterocycles. The van der Waals surface area contributed by atoms with E-state index in [1.165, 1.54) is 77.0 Å². The molecule has 150 valence electrons. The summed E-state index contributed by atoms with van der Waals surface area (Å²) in [7, 11) is 4.12. The van der Waals surface area contributed by atoms with Crippen LogP contribution in [-0.2, 0) is 9.53 Å². The van der Waals surface area contributed by atoms with Gasteiger partial charge in [0.15, 0.2) is 0 Å². The number of esters is 1. The third-order valence-electron chi connectivity index (χ3n) is 4.75. The molecule has 0 aromatic carbocycles. The number of unbranched alkanes of at least 4 members (excludes halogenated alkanes) is 13. The molecule has 0 saturated carbocycles. The lowest BCUT2D eigenvalue weighted by Gasteiger charge is -2.08. The highest BCUT2D eigenvalue weighted by Crippen LogP contribution is 2.12. The van der Waals surface area contributed by atoms with Gasteiger partial charge < -0.3 is 9.64 Å². The summed E-state index contributed by atoms with van der Waals surface area (Å²) in [6.45, 7) is 3.94. The van der Waals surface area contributed by atoms with Crippen LogP contribution >= 0.6 is 0 Å². The molecule has 0 heterocycles. The minimum Gasteiger partial charge on any atom is -0.466 e. The maximum atomic E-state index is 11.6. The average molecular weight is 356 g/mol. The zero-order valence-corrected chi connectivity index (χ0v) is 17.5. The number of hydrogen-bond acceptors (Lipinski definition) is 3. The van der Waals surface area contributed by atoms with Gasteiger partial charge in [-0.25, -0.2) is 0 Å². The highest BCUT2D eigenvalue weighted by atomic mass is 16.5. The lowest BCUT2D eigenvalue weighted by atomic mass is 10.0. The molecule has 0 rings (SSSR count). The van der Waals surface area contributed by atoms with Crippen molar-refractivity contribution in [3.05, 3.63) is 0 Å². The quantitative estimate of drug-likeness (QED) is 0.200. The number of rotatable bonds is 19. The first kappa shape index (κ1) is 24.4. The van der Waals surface area contributed by atoms with Gasteiger partial charge in [0.05, 0.1) is 6.61 Å². The van der Waals surface area contributed by atoms with E-state index in [-0.39, 0.29) is 5.97 Å². The molecule has 0 radical (unpaired) electrons. The molecule has 0 fully saturated rings. The van der Waals surface area contributed by atoms with E-state index in [4.69, 9.17) is 4.74 Å². The Kier molecular flexibility index (Phi) is 19.3. The molecule has 0 amide bonds. The average Bonchev–Trinajstić information content (AvgIpc) is 2.59. The van der Waals surface area contributed by atoms with Crippen molar-refractivity contribution in [1.82, 2.24) is 4.90 Å². The van der Waals surface area contributed by atoms with Gasteiger partial charge in [0, 0.05) is 6.42 Å². The van der Waals surface area contributed by atoms with Crippen molar-refractivity contribution in [2.45, 2.75) is 110 Å². The van der Waals surface area contributed by atoms with Crippen LogP contribution in [0.15, 0.2) is 0 Å². The van der Waals surface area contributed by atoms with Gasteiger partial charge in [-0.2, -0.15) is 0 Å². The SMILES string of the molecule is CCCCCCCCCCCCCCCOC(=O)CCCCN(C)C. The van der Waals surface area contributed by atoms with Crippen molar-refractivity contribution >= 4 is 5.97 Å². The molecular formula is C22H45NO2. The van der Waals surface area contributed by atoms with Crippen molar-refractivity contribution in [3.8, 4) is 0 Å². The van der Waals surface area contributed by atoms with E-state index in [2.05, 4.69) is 25.9 Å². The van der Waals surface area contributed by atoms with Crippen LogP contribution in [-0.4, -0.2) is 38.1 Å². The standard InChI is InChI=1S/C22H45NO2/c1-4-5-6-7-8-9-10-11-12-13-14-15-18-21-25-22(24)19-16-17-20-23(2)3/h4-21H2,1-3H3. The van der Waals surface area contributed by atoms with Crippen LogP contribution in [0.2, 0.25) is 0 Å². The second kappa shape index (κ2) is 19.8. The lowest BCUT2D eigenvalue weighted by molar-refractivity contribution is -0.143. The predicted octanol–water partition coefficient (Wildman–Crippen LogP) is 6.35. The van der Waals surface area contributed by atoms with Crippen molar-refractivity contribution < 1.29 is 9.53 Å². The molecule has 0 aromatic heterocycles. The molecule has 25 heavy (non-hydrogen) atoms. The Morgan fingerprint density at radius 3 is 1.64 bits per heavy atom. The second-order valence-electron chi connectivity index (χ2n) is 7.72. The maximum absolute atomic E-state index is 11.6. The van der Waals surface area contributed by atoms with Crippen LogP contribution in [0, 0.1) is 0 Å². The fraction of sp³-hybridized carbons (Fsp3) is 0.955. The maximum Gasteiger partial charge on any atom is 0.305 e. The number of ether oxygens (including phenoxy) is 1. The van der Waals surface area contributed by atoms with Gasteiger partial charge in [0.25, 0.3) is 0 Å². The molecule has 0 saturated heterocycles. The largest absolute Gasteiger partial charge is 0.466 e. The van der Waals surface area contributed by atoms with Crippen LogP contribution in [0.3, 0.4) is 0 Å². The van der Waals surface area contributed by atoms with Crippen molar-refractivity contribution in [2.75, 3.05) is 27.2 Å². The minimum atomic E-state index is -0.0160. The van der Waals surface area contributed by atoms with E-state index in [1.807, 2.05) is 0 Å². The third-order valence-corrected chi connectivity index (χ3v) is 4.75. The van der Waals surface area contributed by atoms with Crippen LogP contribution < -0.4 is 0 Å². The first-order valence-electron chi connectivity index (χ1n) is 11.0. The van der Waals surface area contributed by atoms with Crippen LogP contribution in [0.5, 0.6) is 0 Å². The lowest BCUT2D eigenvalue weighted by Crippen LogP contribution is -2.13. The van der Waals surface area contributed by atoms with Gasteiger partial charge in [-0.3, -0.25) is 4.79 Å². The molecule has 3 heteroatoms. The normalized spacial score (nSPS) is 11.2. The van der Waals surface area contributed by atoms with E-state index in [1.54, 1.807) is 0 Å². The summed E-state index contributed by atoms with van der Waals surface area (Å²) in [5, 5.41) is 0. The molecule has 0 spiro atoms. The zero-order valence-electron chi connectivity index (χ0n) is 17.5. The predicted molar refractivity (Wildman–Crippen MR) is 109 cm³/mol. The summed E-state index contributed by atoms with van der Waals surface area (Å²) >= 11 is 0. The smallest absolute Gasteiger partial charge is 0.305 e. The Hall–Kier alpha value is -0.570. The van der Waals surface area contributed by atoms with E-state index >= 15 is 0 Å². The van der Waals surface area contributed by atoms with Gasteiger partial charge in [0.2, 0.25) is 0 Å². The Morgan fingerprint density at radius 1 is 0.680 bits per heavy atom. The van der Waals surface area contributed by atoms with Crippen LogP contribution in [0.4, 0.5) is 0 Å². The topological polar surface area (TPSA) is 29.5 Å². The molecule has 0 aromatic rings. The molecule has 0 N–H and O–H groups in total. The van der Waals surface area contributed by atoms with E-state index < -0.39 is 0 Å². The van der Waals surface area contributed by atoms with E-state index in [9.17, 15) is 4.79 Å². The summed E-state index contributed by atoms with van der Waals surface area (Å²) in [5.74, 6) is -0.0160. The number of nitrogens with zero attached hydrogens (tertiary/aromatic N) is 1. The number of carbonyl (C=O) groups is 1. The summed E-state index contributed by atoms with van der Waals surface area (Å²) in [6.07, 6.45) is 20.1. The zero-order chi connectivity index (χ0) is 18.6. The van der Waals surface area contributed by atoms with Gasteiger partial charge >= 0.3 is 5.97 Å². The fourth-order valence-corrected chi connectivity index (χ4v) is 3.08. The Labute approximate surface area is 157 Å². The summed E-state index contributed by atoms with van der Waals surface area (Å²) in [4.78, 5) is 13.7. The number of hydrogen-bond donors (Lipinski definition) is 0. The molecule has 3 nitrogen and oxygen atoms in total. The molecule has 0 atom stereocenters. The molecular weight excluding hydrogens is 310 g/mol. The monoisotopic (exact) mass is 355 g/mol. The summed E-state index contributed by atoms with van der Waals surface area (Å²) < 4.78 is 5.30. The van der Waals surface area contributed by atoms with Crippen molar-refractivity contribution in [2.24, 2.45) is 0 Å². The minimum absolute atomic E-state index is 0.0160. The van der Waals surface area contributed by atoms with Crippen LogP contribution in [0.25, 0.3) is 0 Å². The van der Waals surface area contributed by atoms with Crippen molar-refractivity contribution in [1.29, 1.82) is 0 Å². The molecule has 0 bridgehead atoms. The third kappa shape index (κ3) is 21.4. The van der Waals surface area contributed by atoms with Crippen LogP contribution in [0.1, 0.15) is 110 Å². The Balaban J connectivity index is 3.12. The van der Waals surface area contributed by atoms with E-state index in [0.29, 0.717) is 13.0 Å². The van der Waals surface area contributed by atoms with Crippen molar-refractivity contribution in [3.63, 3.8) is 0 Å². The fourth-order valence-electron chi connectivity index (χ4n) is 3.08. The van der Waals surface area contributed by atoms with Gasteiger partial charge in [-0.1, -0.05) is 84.0 Å².